The van der Waals surface area contributed by atoms with Crippen LogP contribution in [0.1, 0.15) is 83.9 Å². The number of anilines is 1. The van der Waals surface area contributed by atoms with Gasteiger partial charge in [-0.1, -0.05) is 45.4 Å². The molecule has 0 atom stereocenters. The number of aromatic nitrogens is 2. The van der Waals surface area contributed by atoms with Crippen LogP contribution in [0.3, 0.4) is 0 Å². The first-order chi connectivity index (χ1) is 17.5. The minimum atomic E-state index is -0.206. The summed E-state index contributed by atoms with van der Waals surface area (Å²) in [6.07, 6.45) is 8.11. The molecule has 7 nitrogen and oxygen atoms in total. The van der Waals surface area contributed by atoms with Gasteiger partial charge in [0.05, 0.1) is 11.4 Å². The van der Waals surface area contributed by atoms with Crippen LogP contribution in [0.5, 0.6) is 0 Å². The van der Waals surface area contributed by atoms with Gasteiger partial charge in [-0.05, 0) is 81.8 Å². The summed E-state index contributed by atoms with van der Waals surface area (Å²) in [6, 6.07) is 9.94. The Morgan fingerprint density at radius 1 is 1.05 bits per heavy atom. The lowest BCUT2D eigenvalue weighted by atomic mass is 9.53. The van der Waals surface area contributed by atoms with Crippen LogP contribution in [-0.4, -0.2) is 45.2 Å². The number of benzene rings is 1. The predicted octanol–water partition coefficient (Wildman–Crippen LogP) is 5.81. The van der Waals surface area contributed by atoms with Crippen LogP contribution in [0.2, 0.25) is 0 Å². The molecule has 4 saturated carbocycles. The van der Waals surface area contributed by atoms with Gasteiger partial charge in [-0.25, -0.2) is 9.48 Å². The first-order valence-electron chi connectivity index (χ1n) is 14.1. The van der Waals surface area contributed by atoms with Crippen molar-refractivity contribution in [2.45, 2.75) is 90.5 Å². The Morgan fingerprint density at radius 3 is 2.19 bits per heavy atom. The summed E-state index contributed by atoms with van der Waals surface area (Å²) in [7, 11) is 0. The summed E-state index contributed by atoms with van der Waals surface area (Å²) in [5.41, 5.74) is 2.72. The van der Waals surface area contributed by atoms with E-state index in [0.717, 1.165) is 60.4 Å². The van der Waals surface area contributed by atoms with Gasteiger partial charge < -0.3 is 15.5 Å². The second-order valence-electron chi connectivity index (χ2n) is 13.0. The van der Waals surface area contributed by atoms with Crippen LogP contribution in [-0.2, 0) is 10.2 Å². The molecule has 200 valence electrons. The number of amides is 3. The fraction of sp³-hybridized carbons (Fsp3) is 0.633. The maximum Gasteiger partial charge on any atom is 0.318 e. The SMILES string of the molecule is CCCN(CC(=O)Nc1cc(C(C)(C)C)nn1-c1ccc(C)cc1)C(=O)NC12CC3CC(CC(C3)C1)C2. The molecule has 37 heavy (non-hydrogen) atoms. The molecule has 0 radical (unpaired) electrons. The Balaban J connectivity index is 1.30. The van der Waals surface area contributed by atoms with E-state index in [1.165, 1.54) is 19.3 Å². The molecule has 1 aromatic carbocycles. The number of carbonyl (C=O) groups is 2. The smallest absolute Gasteiger partial charge is 0.318 e. The van der Waals surface area contributed by atoms with Crippen molar-refractivity contribution in [3.05, 3.63) is 41.6 Å². The molecule has 1 aromatic heterocycles. The van der Waals surface area contributed by atoms with E-state index in [-0.39, 0.29) is 29.4 Å². The number of rotatable bonds is 7. The van der Waals surface area contributed by atoms with Gasteiger partial charge in [-0.15, -0.1) is 0 Å². The van der Waals surface area contributed by atoms with Crippen LogP contribution >= 0.6 is 0 Å². The summed E-state index contributed by atoms with van der Waals surface area (Å²) in [5.74, 6) is 2.69. The van der Waals surface area contributed by atoms with E-state index in [1.807, 2.05) is 44.2 Å². The summed E-state index contributed by atoms with van der Waals surface area (Å²) in [4.78, 5) is 28.5. The van der Waals surface area contributed by atoms with Crippen molar-refractivity contribution in [1.29, 1.82) is 0 Å². The monoisotopic (exact) mass is 505 g/mol. The zero-order valence-electron chi connectivity index (χ0n) is 23.1. The van der Waals surface area contributed by atoms with E-state index in [2.05, 4.69) is 31.4 Å². The van der Waals surface area contributed by atoms with E-state index >= 15 is 0 Å². The van der Waals surface area contributed by atoms with Crippen LogP contribution in [0, 0.1) is 24.7 Å². The topological polar surface area (TPSA) is 79.3 Å². The standard InChI is InChI=1S/C30H43N5O2/c1-6-11-34(28(37)32-30-16-21-12-22(17-30)14-23(13-21)18-30)19-27(36)31-26-15-25(29(3,4)5)33-35(26)24-9-7-20(2)8-10-24/h7-10,15,21-23H,6,11-14,16-19H2,1-5H3,(H,31,36)(H,32,37). The van der Waals surface area contributed by atoms with Crippen LogP contribution in [0.25, 0.3) is 5.69 Å². The molecule has 2 aromatic rings. The Morgan fingerprint density at radius 2 is 1.65 bits per heavy atom. The van der Waals surface area contributed by atoms with Crippen LogP contribution < -0.4 is 10.6 Å². The highest BCUT2D eigenvalue weighted by Crippen LogP contribution is 2.55. The van der Waals surface area contributed by atoms with Crippen molar-refractivity contribution in [2.75, 3.05) is 18.4 Å². The summed E-state index contributed by atoms with van der Waals surface area (Å²) in [6.45, 7) is 11.0. The van der Waals surface area contributed by atoms with E-state index in [0.29, 0.717) is 12.4 Å². The second kappa shape index (κ2) is 9.80. The van der Waals surface area contributed by atoms with Gasteiger partial charge in [-0.2, -0.15) is 5.10 Å². The summed E-state index contributed by atoms with van der Waals surface area (Å²) >= 11 is 0. The van der Waals surface area contributed by atoms with Crippen molar-refractivity contribution in [2.24, 2.45) is 17.8 Å². The molecule has 6 rings (SSSR count). The fourth-order valence-electron chi connectivity index (χ4n) is 7.17. The molecule has 2 N–H and O–H groups in total. The maximum atomic E-state index is 13.5. The number of nitrogens with zero attached hydrogens (tertiary/aromatic N) is 3. The van der Waals surface area contributed by atoms with E-state index in [4.69, 9.17) is 5.10 Å². The molecule has 4 fully saturated rings. The van der Waals surface area contributed by atoms with Gasteiger partial charge in [0.25, 0.3) is 0 Å². The number of urea groups is 1. The maximum absolute atomic E-state index is 13.5. The quantitative estimate of drug-likeness (QED) is 0.499. The Kier molecular flexibility index (Phi) is 6.84. The number of hydrogen-bond acceptors (Lipinski definition) is 3. The predicted molar refractivity (Wildman–Crippen MR) is 147 cm³/mol. The minimum Gasteiger partial charge on any atom is -0.333 e. The lowest BCUT2D eigenvalue weighted by Gasteiger charge is -2.57. The Bertz CT molecular complexity index is 1110. The van der Waals surface area contributed by atoms with Crippen LogP contribution in [0.15, 0.2) is 30.3 Å². The molecule has 0 saturated heterocycles. The molecule has 4 aliphatic rings. The lowest BCUT2D eigenvalue weighted by Crippen LogP contribution is -2.62. The molecule has 4 bridgehead atoms. The largest absolute Gasteiger partial charge is 0.333 e. The average Bonchev–Trinajstić information content (AvgIpc) is 3.22. The zero-order chi connectivity index (χ0) is 26.4. The van der Waals surface area contributed by atoms with Gasteiger partial charge >= 0.3 is 6.03 Å². The van der Waals surface area contributed by atoms with Crippen molar-refractivity contribution >= 4 is 17.8 Å². The van der Waals surface area contributed by atoms with Crippen molar-refractivity contribution in [3.63, 3.8) is 0 Å². The van der Waals surface area contributed by atoms with Gasteiger partial charge in [0.1, 0.15) is 12.4 Å². The lowest BCUT2D eigenvalue weighted by molar-refractivity contribution is -0.116. The Hall–Kier alpha value is -2.83. The highest BCUT2D eigenvalue weighted by atomic mass is 16.2. The molecule has 7 heteroatoms. The highest BCUT2D eigenvalue weighted by Gasteiger charge is 2.51. The minimum absolute atomic E-state index is 0.0238. The fourth-order valence-corrected chi connectivity index (χ4v) is 7.17. The average molecular weight is 506 g/mol. The third kappa shape index (κ3) is 5.55. The van der Waals surface area contributed by atoms with Gasteiger partial charge in [0.2, 0.25) is 5.91 Å². The highest BCUT2D eigenvalue weighted by molar-refractivity contribution is 5.94. The normalized spacial score (nSPS) is 26.2. The third-order valence-corrected chi connectivity index (χ3v) is 8.55. The first kappa shape index (κ1) is 25.8. The number of aryl methyl sites for hydroxylation is 1. The molecule has 0 spiro atoms. The summed E-state index contributed by atoms with van der Waals surface area (Å²) < 4.78 is 1.79. The second-order valence-corrected chi connectivity index (χ2v) is 13.0. The van der Waals surface area contributed by atoms with E-state index < -0.39 is 0 Å². The van der Waals surface area contributed by atoms with E-state index in [9.17, 15) is 9.59 Å². The number of carbonyl (C=O) groups excluding carboxylic acids is 2. The molecule has 3 amide bonds. The molecule has 0 unspecified atom stereocenters. The van der Waals surface area contributed by atoms with Gasteiger partial charge in [0, 0.05) is 23.6 Å². The van der Waals surface area contributed by atoms with Crippen molar-refractivity contribution in [3.8, 4) is 5.69 Å². The van der Waals surface area contributed by atoms with Crippen molar-refractivity contribution in [1.82, 2.24) is 20.0 Å². The number of hydrogen-bond donors (Lipinski definition) is 2. The molecule has 1 heterocycles. The molecule has 0 aliphatic heterocycles. The number of nitrogens with one attached hydrogen (secondary N) is 2. The first-order valence-corrected chi connectivity index (χ1v) is 14.1. The van der Waals surface area contributed by atoms with Gasteiger partial charge in [-0.3, -0.25) is 4.79 Å². The van der Waals surface area contributed by atoms with Crippen LogP contribution in [0.4, 0.5) is 10.6 Å². The third-order valence-electron chi connectivity index (χ3n) is 8.55. The molecule has 4 aliphatic carbocycles. The van der Waals surface area contributed by atoms with E-state index in [1.54, 1.807) is 9.58 Å². The van der Waals surface area contributed by atoms with Crippen molar-refractivity contribution < 1.29 is 9.59 Å². The molecular formula is C30H43N5O2. The van der Waals surface area contributed by atoms with Gasteiger partial charge in [0.15, 0.2) is 0 Å². The zero-order valence-corrected chi connectivity index (χ0v) is 23.1. The summed E-state index contributed by atoms with van der Waals surface area (Å²) in [5, 5.41) is 11.3. The molecular weight excluding hydrogens is 462 g/mol. The Labute approximate surface area is 221 Å².